The highest BCUT2D eigenvalue weighted by atomic mass is 35.5. The maximum Gasteiger partial charge on any atom is 0.416 e. The molecular weight excluding hydrogens is 456 g/mol. The lowest BCUT2D eigenvalue weighted by atomic mass is 9.87. The molecule has 0 aromatic heterocycles. The van der Waals surface area contributed by atoms with Crippen LogP contribution in [0.1, 0.15) is 37.8 Å². The molecule has 8 heteroatoms. The lowest BCUT2D eigenvalue weighted by Gasteiger charge is -2.26. The van der Waals surface area contributed by atoms with Crippen LogP contribution in [0.3, 0.4) is 0 Å². The van der Waals surface area contributed by atoms with E-state index in [2.05, 4.69) is 0 Å². The van der Waals surface area contributed by atoms with Gasteiger partial charge in [-0.15, -0.1) is 0 Å². The summed E-state index contributed by atoms with van der Waals surface area (Å²) in [6.07, 6.45) is -0.616. The van der Waals surface area contributed by atoms with Crippen molar-refractivity contribution < 1.29 is 23.9 Å². The summed E-state index contributed by atoms with van der Waals surface area (Å²) >= 11 is 6.07. The van der Waals surface area contributed by atoms with Crippen molar-refractivity contribution in [1.82, 2.24) is 9.80 Å². The van der Waals surface area contributed by atoms with Crippen LogP contribution in [0.2, 0.25) is 5.02 Å². The zero-order valence-corrected chi connectivity index (χ0v) is 20.3. The first-order valence-corrected chi connectivity index (χ1v) is 11.8. The van der Waals surface area contributed by atoms with Crippen molar-refractivity contribution in [2.24, 2.45) is 5.92 Å². The highest BCUT2D eigenvalue weighted by Crippen LogP contribution is 2.36. The van der Waals surface area contributed by atoms with E-state index in [4.69, 9.17) is 21.1 Å². The Balaban J connectivity index is 1.60. The molecule has 2 fully saturated rings. The topological polar surface area (TPSA) is 76.2 Å². The third-order valence-corrected chi connectivity index (χ3v) is 6.35. The molecule has 0 spiro atoms. The fourth-order valence-corrected chi connectivity index (χ4v) is 4.65. The predicted octanol–water partition coefficient (Wildman–Crippen LogP) is 4.88. The maximum atomic E-state index is 13.8. The van der Waals surface area contributed by atoms with Crippen LogP contribution in [-0.4, -0.2) is 59.2 Å². The van der Waals surface area contributed by atoms with Crippen LogP contribution in [0.5, 0.6) is 0 Å². The highest BCUT2D eigenvalue weighted by molar-refractivity contribution is 6.30. The van der Waals surface area contributed by atoms with Gasteiger partial charge in [0.25, 0.3) is 0 Å². The van der Waals surface area contributed by atoms with E-state index >= 15 is 0 Å². The molecule has 2 aromatic carbocycles. The minimum absolute atomic E-state index is 0.146. The molecule has 34 heavy (non-hydrogen) atoms. The Hall–Kier alpha value is -3.06. The van der Waals surface area contributed by atoms with Crippen molar-refractivity contribution >= 4 is 29.7 Å². The van der Waals surface area contributed by atoms with Crippen molar-refractivity contribution in [3.05, 3.63) is 70.7 Å². The van der Waals surface area contributed by atoms with Crippen LogP contribution in [0.4, 0.5) is 9.59 Å². The second-order valence-corrected chi connectivity index (χ2v) is 10.2. The van der Waals surface area contributed by atoms with Crippen molar-refractivity contribution in [3.8, 4) is 0 Å². The van der Waals surface area contributed by atoms with E-state index in [1.165, 1.54) is 4.90 Å². The first-order chi connectivity index (χ1) is 16.1. The number of rotatable bonds is 4. The Bertz CT molecular complexity index is 1050. The summed E-state index contributed by atoms with van der Waals surface area (Å²) < 4.78 is 10.8. The number of imide groups is 1. The van der Waals surface area contributed by atoms with Crippen molar-refractivity contribution in [2.45, 2.75) is 44.8 Å². The molecule has 2 saturated heterocycles. The number of halogens is 1. The Morgan fingerprint density at radius 2 is 1.74 bits per heavy atom. The van der Waals surface area contributed by atoms with Crippen LogP contribution in [-0.2, 0) is 20.7 Å². The maximum absolute atomic E-state index is 13.8. The number of carbonyl (C=O) groups excluding carboxylic acids is 3. The Labute approximate surface area is 204 Å². The fraction of sp³-hybridized carbons (Fsp3) is 0.423. The number of cyclic esters (lactones) is 1. The molecule has 3 amide bonds. The molecule has 2 aromatic rings. The number of benzene rings is 2. The monoisotopic (exact) mass is 484 g/mol. The van der Waals surface area contributed by atoms with Crippen molar-refractivity contribution in [2.75, 3.05) is 19.7 Å². The summed E-state index contributed by atoms with van der Waals surface area (Å²) in [7, 11) is 0. The smallest absolute Gasteiger partial charge is 0.416 e. The fourth-order valence-electron chi connectivity index (χ4n) is 4.52. The van der Waals surface area contributed by atoms with E-state index in [9.17, 15) is 14.4 Å². The highest BCUT2D eigenvalue weighted by Gasteiger charge is 2.48. The third kappa shape index (κ3) is 5.36. The molecule has 4 rings (SSSR count). The SMILES string of the molecule is CC(C)(C)OC(=O)N1C[C@@H](C(=O)N2C(=O)OC[C@H]2Cc2ccccc2)[C@H](c2ccc(Cl)cc2)C1. The number of ether oxygens (including phenoxy) is 2. The summed E-state index contributed by atoms with van der Waals surface area (Å²) in [5.41, 5.74) is 1.23. The molecule has 0 bridgehead atoms. The summed E-state index contributed by atoms with van der Waals surface area (Å²) in [5.74, 6) is -1.25. The molecule has 0 saturated carbocycles. The van der Waals surface area contributed by atoms with Crippen LogP contribution < -0.4 is 0 Å². The molecule has 0 aliphatic carbocycles. The van der Waals surface area contributed by atoms with E-state index in [-0.39, 0.29) is 25.0 Å². The van der Waals surface area contributed by atoms with E-state index in [0.717, 1.165) is 11.1 Å². The first kappa shape index (κ1) is 24.1. The number of hydrogen-bond acceptors (Lipinski definition) is 5. The van der Waals surface area contributed by atoms with Gasteiger partial charge < -0.3 is 14.4 Å². The lowest BCUT2D eigenvalue weighted by molar-refractivity contribution is -0.133. The van der Waals surface area contributed by atoms with Crippen molar-refractivity contribution in [1.29, 1.82) is 0 Å². The minimum Gasteiger partial charge on any atom is -0.447 e. The van der Waals surface area contributed by atoms with Gasteiger partial charge in [-0.1, -0.05) is 54.1 Å². The van der Waals surface area contributed by atoms with Gasteiger partial charge >= 0.3 is 12.2 Å². The van der Waals surface area contributed by atoms with Gasteiger partial charge in [-0.3, -0.25) is 4.79 Å². The minimum atomic E-state index is -0.658. The van der Waals surface area contributed by atoms with E-state index in [1.54, 1.807) is 37.8 Å². The number of nitrogens with zero attached hydrogens (tertiary/aromatic N) is 2. The molecule has 0 radical (unpaired) electrons. The summed E-state index contributed by atoms with van der Waals surface area (Å²) in [6.45, 7) is 6.01. The van der Waals surface area contributed by atoms with Crippen LogP contribution in [0, 0.1) is 5.92 Å². The van der Waals surface area contributed by atoms with Gasteiger partial charge in [0.15, 0.2) is 0 Å². The molecule has 2 heterocycles. The lowest BCUT2D eigenvalue weighted by Crippen LogP contribution is -2.45. The largest absolute Gasteiger partial charge is 0.447 e. The second kappa shape index (κ2) is 9.66. The summed E-state index contributed by atoms with van der Waals surface area (Å²) in [6, 6.07) is 16.5. The van der Waals surface area contributed by atoms with Crippen molar-refractivity contribution in [3.63, 3.8) is 0 Å². The zero-order chi connectivity index (χ0) is 24.5. The zero-order valence-electron chi connectivity index (χ0n) is 19.6. The van der Waals surface area contributed by atoms with Gasteiger partial charge in [0.1, 0.15) is 12.2 Å². The molecular formula is C26H29ClN2O5. The van der Waals surface area contributed by atoms with E-state index in [1.807, 2.05) is 42.5 Å². The Kier molecular flexibility index (Phi) is 6.84. The quantitative estimate of drug-likeness (QED) is 0.618. The first-order valence-electron chi connectivity index (χ1n) is 11.4. The average Bonchev–Trinajstić information content (AvgIpc) is 3.38. The standard InChI is InChI=1S/C26H29ClN2O5/c1-26(2,3)34-24(31)28-14-21(18-9-11-19(27)12-10-18)22(15-28)23(30)29-20(16-33-25(29)32)13-17-7-5-4-6-8-17/h4-12,20-22H,13-16H2,1-3H3/t20-,21+,22-/m1/s1. The summed E-state index contributed by atoms with van der Waals surface area (Å²) in [5, 5.41) is 0.583. The van der Waals surface area contributed by atoms with Gasteiger partial charge in [-0.25, -0.2) is 14.5 Å². The molecule has 3 atom stereocenters. The number of carbonyl (C=O) groups is 3. The second-order valence-electron chi connectivity index (χ2n) is 9.78. The number of likely N-dealkylation sites (tertiary alicyclic amines) is 1. The molecule has 0 N–H and O–H groups in total. The molecule has 2 aliphatic heterocycles. The third-order valence-electron chi connectivity index (χ3n) is 6.10. The molecule has 2 aliphatic rings. The van der Waals surface area contributed by atoms with Crippen LogP contribution in [0.25, 0.3) is 0 Å². The average molecular weight is 485 g/mol. The summed E-state index contributed by atoms with van der Waals surface area (Å²) in [4.78, 5) is 42.0. The van der Waals surface area contributed by atoms with Crippen LogP contribution >= 0.6 is 11.6 Å². The number of hydrogen-bond donors (Lipinski definition) is 0. The van der Waals surface area contributed by atoms with Crippen LogP contribution in [0.15, 0.2) is 54.6 Å². The normalized spacial score (nSPS) is 22.6. The molecule has 180 valence electrons. The Morgan fingerprint density at radius 1 is 1.06 bits per heavy atom. The van der Waals surface area contributed by atoms with E-state index in [0.29, 0.717) is 18.0 Å². The van der Waals surface area contributed by atoms with Gasteiger partial charge in [0, 0.05) is 24.0 Å². The van der Waals surface area contributed by atoms with Gasteiger partial charge in [-0.05, 0) is 50.5 Å². The van der Waals surface area contributed by atoms with Gasteiger partial charge in [0.05, 0.1) is 12.0 Å². The van der Waals surface area contributed by atoms with Gasteiger partial charge in [0.2, 0.25) is 5.91 Å². The molecule has 7 nitrogen and oxygen atoms in total. The number of amides is 3. The van der Waals surface area contributed by atoms with E-state index < -0.39 is 29.7 Å². The molecule has 0 unspecified atom stereocenters. The Morgan fingerprint density at radius 3 is 2.38 bits per heavy atom. The predicted molar refractivity (Wildman–Crippen MR) is 128 cm³/mol. The van der Waals surface area contributed by atoms with Gasteiger partial charge in [-0.2, -0.15) is 0 Å².